The molecule has 0 amide bonds. The van der Waals surface area contributed by atoms with Gasteiger partial charge < -0.3 is 9.80 Å². The third-order valence-electron chi connectivity index (χ3n) is 5.64. The van der Waals surface area contributed by atoms with Crippen LogP contribution in [0.3, 0.4) is 0 Å². The molecule has 2 heterocycles. The first-order chi connectivity index (χ1) is 11.6. The van der Waals surface area contributed by atoms with Crippen LogP contribution in [-0.2, 0) is 6.42 Å². The maximum absolute atomic E-state index is 2.37. The predicted molar refractivity (Wildman–Crippen MR) is 105 cm³/mol. The monoisotopic (exact) mass is 322 g/mol. The highest BCUT2D eigenvalue weighted by molar-refractivity contribution is 5.56. The van der Waals surface area contributed by atoms with Gasteiger partial charge in [-0.3, -0.25) is 0 Å². The van der Waals surface area contributed by atoms with E-state index in [1.54, 1.807) is 0 Å². The molecule has 24 heavy (non-hydrogen) atoms. The van der Waals surface area contributed by atoms with Crippen molar-refractivity contribution in [3.05, 3.63) is 59.7 Å². The predicted octanol–water partition coefficient (Wildman–Crippen LogP) is 5.09. The average molecular weight is 322 g/mol. The quantitative estimate of drug-likeness (QED) is 0.667. The lowest BCUT2D eigenvalue weighted by Crippen LogP contribution is -2.33. The third-order valence-corrected chi connectivity index (χ3v) is 5.64. The molecule has 2 aromatic carbocycles. The second-order valence-corrected chi connectivity index (χ2v) is 7.30. The van der Waals surface area contributed by atoms with Crippen molar-refractivity contribution in [2.75, 3.05) is 30.4 Å². The molecular weight excluding hydrogens is 292 g/mol. The molecule has 0 aliphatic carbocycles. The maximum atomic E-state index is 2.37. The molecule has 2 unspecified atom stereocenters. The normalized spacial score (nSPS) is 22.2. The van der Waals surface area contributed by atoms with Crippen LogP contribution in [0.5, 0.6) is 0 Å². The molecule has 2 atom stereocenters. The molecule has 0 radical (unpaired) electrons. The van der Waals surface area contributed by atoms with Gasteiger partial charge in [-0.1, -0.05) is 43.3 Å². The van der Waals surface area contributed by atoms with Crippen molar-refractivity contribution in [3.8, 4) is 0 Å². The zero-order chi connectivity index (χ0) is 17.1. The number of hydrogen-bond donors (Lipinski definition) is 0. The fourth-order valence-corrected chi connectivity index (χ4v) is 3.78. The number of fused-ring (bicyclic) bond motifs is 2. The summed E-state index contributed by atoms with van der Waals surface area (Å²) in [4.78, 5) is 4.72. The van der Waals surface area contributed by atoms with Crippen LogP contribution in [0.2, 0.25) is 0 Å². The number of rotatable bonds is 0. The summed E-state index contributed by atoms with van der Waals surface area (Å²) < 4.78 is 0. The standard InChI is InChI=1S/2C11H15N/c1-9-7-8-12(2)11-6-4-3-5-10(9)11;1-9-7-8-10-5-3-4-6-11(10)12(9)2/h2*3-6,9H,7-8H2,1-2H3. The van der Waals surface area contributed by atoms with Crippen LogP contribution in [0.15, 0.2) is 48.5 Å². The molecule has 0 N–H and O–H groups in total. The highest BCUT2D eigenvalue weighted by Gasteiger charge is 2.19. The number of aryl methyl sites for hydroxylation is 1. The van der Waals surface area contributed by atoms with Gasteiger partial charge in [0.1, 0.15) is 0 Å². The third kappa shape index (κ3) is 3.43. The largest absolute Gasteiger partial charge is 0.374 e. The molecule has 0 bridgehead atoms. The molecular formula is C22H30N2. The number of hydrogen-bond acceptors (Lipinski definition) is 2. The zero-order valence-corrected chi connectivity index (χ0v) is 15.5. The van der Waals surface area contributed by atoms with Crippen LogP contribution < -0.4 is 9.80 Å². The number of nitrogens with zero attached hydrogens (tertiary/aromatic N) is 2. The van der Waals surface area contributed by atoms with Crippen molar-refractivity contribution >= 4 is 11.4 Å². The highest BCUT2D eigenvalue weighted by atomic mass is 15.1. The van der Waals surface area contributed by atoms with Gasteiger partial charge in [0.15, 0.2) is 0 Å². The Morgan fingerprint density at radius 2 is 1.50 bits per heavy atom. The smallest absolute Gasteiger partial charge is 0.0398 e. The molecule has 2 aromatic rings. The van der Waals surface area contributed by atoms with Crippen LogP contribution in [0.4, 0.5) is 11.4 Å². The summed E-state index contributed by atoms with van der Waals surface area (Å²) in [5.74, 6) is 0.734. The van der Waals surface area contributed by atoms with Crippen molar-refractivity contribution in [1.29, 1.82) is 0 Å². The Kier molecular flexibility index (Phi) is 5.13. The molecule has 128 valence electrons. The Hall–Kier alpha value is -1.96. The van der Waals surface area contributed by atoms with Crippen LogP contribution in [0.1, 0.15) is 43.7 Å². The van der Waals surface area contributed by atoms with Crippen molar-refractivity contribution in [2.45, 2.75) is 45.1 Å². The summed E-state index contributed by atoms with van der Waals surface area (Å²) >= 11 is 0. The van der Waals surface area contributed by atoms with Gasteiger partial charge in [0.25, 0.3) is 0 Å². The summed E-state index contributed by atoms with van der Waals surface area (Å²) in [6.45, 7) is 5.79. The van der Waals surface area contributed by atoms with E-state index < -0.39 is 0 Å². The average Bonchev–Trinajstić information content (AvgIpc) is 2.62. The Morgan fingerprint density at radius 1 is 0.833 bits per heavy atom. The van der Waals surface area contributed by atoms with Crippen LogP contribution in [-0.4, -0.2) is 26.7 Å². The van der Waals surface area contributed by atoms with E-state index in [9.17, 15) is 0 Å². The highest BCUT2D eigenvalue weighted by Crippen LogP contribution is 2.33. The first-order valence-corrected chi connectivity index (χ1v) is 9.18. The van der Waals surface area contributed by atoms with E-state index in [0.717, 1.165) is 5.92 Å². The van der Waals surface area contributed by atoms with Gasteiger partial charge in [0.2, 0.25) is 0 Å². The van der Waals surface area contributed by atoms with Gasteiger partial charge in [-0.25, -0.2) is 0 Å². The van der Waals surface area contributed by atoms with Crippen LogP contribution in [0, 0.1) is 0 Å². The molecule has 2 aliphatic heterocycles. The van der Waals surface area contributed by atoms with E-state index in [0.29, 0.717) is 6.04 Å². The number of benzene rings is 2. The molecule has 0 spiro atoms. The van der Waals surface area contributed by atoms with E-state index >= 15 is 0 Å². The molecule has 0 aromatic heterocycles. The minimum Gasteiger partial charge on any atom is -0.374 e. The van der Waals surface area contributed by atoms with E-state index in [4.69, 9.17) is 0 Å². The lowest BCUT2D eigenvalue weighted by atomic mass is 9.92. The number of anilines is 2. The first kappa shape index (κ1) is 16.9. The van der Waals surface area contributed by atoms with Crippen molar-refractivity contribution in [2.24, 2.45) is 0 Å². The van der Waals surface area contributed by atoms with Crippen LogP contribution in [0.25, 0.3) is 0 Å². The Labute approximate surface area is 147 Å². The molecule has 0 fully saturated rings. The Bertz CT molecular complexity index is 650. The SMILES string of the molecule is CC1CCN(C)c2ccccc21.CC1CCc2ccccc2N1C. The molecule has 2 aliphatic rings. The summed E-state index contributed by atoms with van der Waals surface area (Å²) in [5, 5.41) is 0. The molecule has 2 nitrogen and oxygen atoms in total. The fraction of sp³-hybridized carbons (Fsp3) is 0.455. The maximum Gasteiger partial charge on any atom is 0.0398 e. The minimum atomic E-state index is 0.694. The zero-order valence-electron chi connectivity index (χ0n) is 15.5. The fourth-order valence-electron chi connectivity index (χ4n) is 3.78. The summed E-state index contributed by atoms with van der Waals surface area (Å²) in [7, 11) is 4.35. The van der Waals surface area contributed by atoms with Gasteiger partial charge >= 0.3 is 0 Å². The van der Waals surface area contributed by atoms with Gasteiger partial charge in [-0.05, 0) is 55.4 Å². The molecule has 2 heteroatoms. The molecule has 0 saturated carbocycles. The van der Waals surface area contributed by atoms with Gasteiger partial charge in [-0.2, -0.15) is 0 Å². The van der Waals surface area contributed by atoms with E-state index in [2.05, 4.69) is 86.3 Å². The first-order valence-electron chi connectivity index (χ1n) is 9.18. The van der Waals surface area contributed by atoms with E-state index in [1.165, 1.54) is 48.3 Å². The second-order valence-electron chi connectivity index (χ2n) is 7.30. The summed E-state index contributed by atoms with van der Waals surface area (Å²) in [6.07, 6.45) is 3.81. The number of para-hydroxylation sites is 2. The van der Waals surface area contributed by atoms with Crippen molar-refractivity contribution in [1.82, 2.24) is 0 Å². The van der Waals surface area contributed by atoms with Gasteiger partial charge in [-0.15, -0.1) is 0 Å². The van der Waals surface area contributed by atoms with E-state index in [1.807, 2.05) is 0 Å². The van der Waals surface area contributed by atoms with E-state index in [-0.39, 0.29) is 0 Å². The summed E-state index contributed by atoms with van der Waals surface area (Å²) in [5.41, 5.74) is 5.83. The lowest BCUT2D eigenvalue weighted by Gasteiger charge is -2.33. The Balaban J connectivity index is 0.000000141. The lowest BCUT2D eigenvalue weighted by molar-refractivity contribution is 0.598. The minimum absolute atomic E-state index is 0.694. The molecule has 4 rings (SSSR count). The Morgan fingerprint density at radius 3 is 2.25 bits per heavy atom. The van der Waals surface area contributed by atoms with Crippen LogP contribution >= 0.6 is 0 Å². The van der Waals surface area contributed by atoms with Gasteiger partial charge in [0, 0.05) is 38.1 Å². The van der Waals surface area contributed by atoms with Crippen molar-refractivity contribution < 1.29 is 0 Å². The van der Waals surface area contributed by atoms with Gasteiger partial charge in [0.05, 0.1) is 0 Å². The van der Waals surface area contributed by atoms with Crippen molar-refractivity contribution in [3.63, 3.8) is 0 Å². The second kappa shape index (κ2) is 7.29. The molecule has 0 saturated heterocycles. The summed E-state index contributed by atoms with van der Waals surface area (Å²) in [6, 6.07) is 18.1. The topological polar surface area (TPSA) is 6.48 Å².